The van der Waals surface area contributed by atoms with Gasteiger partial charge in [0.15, 0.2) is 0 Å². The maximum Gasteiger partial charge on any atom is 0.0427 e. The molecule has 0 aliphatic carbocycles. The Labute approximate surface area is 56.5 Å². The summed E-state index contributed by atoms with van der Waals surface area (Å²) < 4.78 is 0. The highest BCUT2D eigenvalue weighted by molar-refractivity contribution is 5.96. The minimum atomic E-state index is 0.599. The summed E-state index contributed by atoms with van der Waals surface area (Å²) in [7, 11) is 0. The van der Waals surface area contributed by atoms with Gasteiger partial charge in [-0.2, -0.15) is 0 Å². The maximum absolute atomic E-state index is 4.36. The lowest BCUT2D eigenvalue weighted by Gasteiger charge is -2.07. The second kappa shape index (κ2) is 2.81. The first kappa shape index (κ1) is 6.53. The smallest absolute Gasteiger partial charge is 0.0427 e. The Morgan fingerprint density at radius 2 is 2.33 bits per heavy atom. The molecule has 1 heteroatoms. The molecule has 0 amide bonds. The molecule has 0 spiro atoms. The summed E-state index contributed by atoms with van der Waals surface area (Å²) >= 11 is 0. The van der Waals surface area contributed by atoms with Crippen molar-refractivity contribution in [1.82, 2.24) is 0 Å². The van der Waals surface area contributed by atoms with Gasteiger partial charge in [-0.3, -0.25) is 4.99 Å². The average Bonchev–Trinajstić information content (AvgIpc) is 1.90. The summed E-state index contributed by atoms with van der Waals surface area (Å²) in [5.41, 5.74) is 1.25. The molecule has 0 bridgehead atoms. The van der Waals surface area contributed by atoms with E-state index in [1.54, 1.807) is 0 Å². The molecule has 1 rings (SSSR count). The van der Waals surface area contributed by atoms with Crippen molar-refractivity contribution in [2.24, 2.45) is 10.9 Å². The number of dihydropyridines is 1. The molecule has 0 fully saturated rings. The van der Waals surface area contributed by atoms with Gasteiger partial charge in [0, 0.05) is 12.3 Å². The summed E-state index contributed by atoms with van der Waals surface area (Å²) in [6, 6.07) is 0. The highest BCUT2D eigenvalue weighted by Gasteiger charge is 2.01. The number of hydrogen-bond donors (Lipinski definition) is 0. The molecule has 0 saturated carbocycles. The number of nitrogens with zero attached hydrogens (tertiary/aromatic N) is 1. The number of hydrogen-bond acceptors (Lipinski definition) is 1. The van der Waals surface area contributed by atoms with Gasteiger partial charge in [-0.25, -0.2) is 0 Å². The molecule has 0 aromatic heterocycles. The molecule has 9 heavy (non-hydrogen) atoms. The lowest BCUT2D eigenvalue weighted by atomic mass is 10.1. The third-order valence-electron chi connectivity index (χ3n) is 1.47. The molecule has 0 aromatic rings. The lowest BCUT2D eigenvalue weighted by Crippen LogP contribution is -2.07. The van der Waals surface area contributed by atoms with Crippen molar-refractivity contribution in [3.63, 3.8) is 0 Å². The second-order valence-electron chi connectivity index (χ2n) is 2.65. The van der Waals surface area contributed by atoms with Gasteiger partial charge >= 0.3 is 0 Å². The van der Waals surface area contributed by atoms with E-state index < -0.39 is 0 Å². The highest BCUT2D eigenvalue weighted by Crippen LogP contribution is 2.04. The van der Waals surface area contributed by atoms with Crippen LogP contribution in [0.3, 0.4) is 0 Å². The van der Waals surface area contributed by atoms with Gasteiger partial charge in [0.05, 0.1) is 0 Å². The van der Waals surface area contributed by atoms with E-state index in [0.29, 0.717) is 5.92 Å². The van der Waals surface area contributed by atoms with Crippen LogP contribution in [0.25, 0.3) is 0 Å². The van der Waals surface area contributed by atoms with Crippen molar-refractivity contribution < 1.29 is 0 Å². The lowest BCUT2D eigenvalue weighted by molar-refractivity contribution is 0.858. The molecular weight excluding hydrogens is 110 g/mol. The maximum atomic E-state index is 4.36. The first-order valence-corrected chi connectivity index (χ1v) is 3.51. The summed E-state index contributed by atoms with van der Waals surface area (Å²) in [6.45, 7) is 5.34. The van der Waals surface area contributed by atoms with E-state index in [2.05, 4.69) is 31.0 Å². The molecule has 0 atom stereocenters. The molecular formula is C8H13N. The van der Waals surface area contributed by atoms with E-state index >= 15 is 0 Å². The van der Waals surface area contributed by atoms with Crippen LogP contribution in [0.5, 0.6) is 0 Å². The molecule has 50 valence electrons. The zero-order valence-corrected chi connectivity index (χ0v) is 6.09. The van der Waals surface area contributed by atoms with Crippen LogP contribution in [0.4, 0.5) is 0 Å². The zero-order chi connectivity index (χ0) is 6.69. The minimum Gasteiger partial charge on any atom is -0.289 e. The normalized spacial score (nSPS) is 18.3. The fourth-order valence-corrected chi connectivity index (χ4v) is 0.900. The van der Waals surface area contributed by atoms with Gasteiger partial charge < -0.3 is 0 Å². The summed E-state index contributed by atoms with van der Waals surface area (Å²) in [4.78, 5) is 4.36. The Balaban J connectivity index is 2.58. The van der Waals surface area contributed by atoms with E-state index in [0.717, 1.165) is 13.0 Å². The zero-order valence-electron chi connectivity index (χ0n) is 6.09. The summed E-state index contributed by atoms with van der Waals surface area (Å²) in [5.74, 6) is 0.599. The standard InChI is InChI=1S/C8H13N/c1-7(2)8-5-3-4-6-9-8/h3,5,7H,4,6H2,1-2H3. The molecule has 1 nitrogen and oxygen atoms in total. The predicted octanol–water partition coefficient (Wildman–Crippen LogP) is 2.04. The van der Waals surface area contributed by atoms with Crippen LogP contribution in [0.1, 0.15) is 20.3 Å². The van der Waals surface area contributed by atoms with Crippen molar-refractivity contribution >= 4 is 5.71 Å². The molecule has 0 N–H and O–H groups in total. The molecule has 1 aliphatic rings. The Kier molecular flexibility index (Phi) is 2.04. The van der Waals surface area contributed by atoms with Gasteiger partial charge in [0.25, 0.3) is 0 Å². The molecule has 1 aliphatic heterocycles. The van der Waals surface area contributed by atoms with Crippen molar-refractivity contribution in [2.75, 3.05) is 6.54 Å². The Hall–Kier alpha value is -0.590. The molecule has 0 aromatic carbocycles. The summed E-state index contributed by atoms with van der Waals surface area (Å²) in [5, 5.41) is 0. The summed E-state index contributed by atoms with van der Waals surface area (Å²) in [6.07, 6.45) is 5.45. The van der Waals surface area contributed by atoms with Crippen LogP contribution < -0.4 is 0 Å². The fourth-order valence-electron chi connectivity index (χ4n) is 0.900. The molecule has 0 unspecified atom stereocenters. The van der Waals surface area contributed by atoms with Gasteiger partial charge in [-0.1, -0.05) is 19.9 Å². The van der Waals surface area contributed by atoms with Crippen LogP contribution in [0, 0.1) is 5.92 Å². The van der Waals surface area contributed by atoms with Crippen molar-refractivity contribution in [1.29, 1.82) is 0 Å². The molecule has 1 heterocycles. The van der Waals surface area contributed by atoms with E-state index in [1.165, 1.54) is 5.71 Å². The monoisotopic (exact) mass is 123 g/mol. The third kappa shape index (κ3) is 1.67. The van der Waals surface area contributed by atoms with Crippen LogP contribution in [0.2, 0.25) is 0 Å². The quantitative estimate of drug-likeness (QED) is 0.506. The van der Waals surface area contributed by atoms with Crippen LogP contribution in [0.15, 0.2) is 17.1 Å². The number of rotatable bonds is 1. The van der Waals surface area contributed by atoms with E-state index in [4.69, 9.17) is 0 Å². The van der Waals surface area contributed by atoms with Gasteiger partial charge in [-0.05, 0) is 18.4 Å². The van der Waals surface area contributed by atoms with Crippen LogP contribution in [-0.4, -0.2) is 12.3 Å². The Morgan fingerprint density at radius 3 is 2.67 bits per heavy atom. The molecule has 0 radical (unpaired) electrons. The topological polar surface area (TPSA) is 12.4 Å². The fraction of sp³-hybridized carbons (Fsp3) is 0.625. The highest BCUT2D eigenvalue weighted by atomic mass is 14.7. The predicted molar refractivity (Wildman–Crippen MR) is 40.9 cm³/mol. The van der Waals surface area contributed by atoms with E-state index in [9.17, 15) is 0 Å². The van der Waals surface area contributed by atoms with Gasteiger partial charge in [0.1, 0.15) is 0 Å². The van der Waals surface area contributed by atoms with E-state index in [-0.39, 0.29) is 0 Å². The van der Waals surface area contributed by atoms with Crippen LogP contribution in [-0.2, 0) is 0 Å². The second-order valence-corrected chi connectivity index (χ2v) is 2.65. The third-order valence-corrected chi connectivity index (χ3v) is 1.47. The van der Waals surface area contributed by atoms with Gasteiger partial charge in [0.2, 0.25) is 0 Å². The Bertz CT molecular complexity index is 143. The van der Waals surface area contributed by atoms with Crippen molar-refractivity contribution in [2.45, 2.75) is 20.3 Å². The number of aliphatic imine (C=N–C) groups is 1. The largest absolute Gasteiger partial charge is 0.289 e. The van der Waals surface area contributed by atoms with E-state index in [1.807, 2.05) is 0 Å². The number of allylic oxidation sites excluding steroid dienone is 1. The van der Waals surface area contributed by atoms with Gasteiger partial charge in [-0.15, -0.1) is 0 Å². The van der Waals surface area contributed by atoms with Crippen molar-refractivity contribution in [3.05, 3.63) is 12.2 Å². The minimum absolute atomic E-state index is 0.599. The van der Waals surface area contributed by atoms with Crippen LogP contribution >= 0.6 is 0 Å². The SMILES string of the molecule is CC(C)C1=NCCC=C1. The van der Waals surface area contributed by atoms with Crippen molar-refractivity contribution in [3.8, 4) is 0 Å². The Morgan fingerprint density at radius 1 is 1.56 bits per heavy atom. The first-order valence-electron chi connectivity index (χ1n) is 3.51. The molecule has 0 saturated heterocycles. The average molecular weight is 123 g/mol. The first-order chi connectivity index (χ1) is 4.30.